The van der Waals surface area contributed by atoms with Gasteiger partial charge in [0, 0.05) is 0 Å². The Bertz CT molecular complexity index is 134. The standard InChI is InChI=1S/C12H24O/c1-4-6-11(13)12-9(2)7-5-8-10(12)3/h9-13H,4-8H2,1-3H3. The molecule has 1 heteroatoms. The molecule has 13 heavy (non-hydrogen) atoms. The Morgan fingerprint density at radius 1 is 1.23 bits per heavy atom. The van der Waals surface area contributed by atoms with E-state index >= 15 is 0 Å². The molecule has 1 fully saturated rings. The fourth-order valence-corrected chi connectivity index (χ4v) is 2.95. The fraction of sp³-hybridized carbons (Fsp3) is 1.00. The number of rotatable bonds is 3. The first-order valence-corrected chi connectivity index (χ1v) is 5.84. The van der Waals surface area contributed by atoms with Gasteiger partial charge >= 0.3 is 0 Å². The van der Waals surface area contributed by atoms with Crippen LogP contribution in [-0.2, 0) is 0 Å². The van der Waals surface area contributed by atoms with E-state index in [1.807, 2.05) is 0 Å². The third kappa shape index (κ3) is 2.70. The monoisotopic (exact) mass is 184 g/mol. The molecule has 0 bridgehead atoms. The zero-order valence-corrected chi connectivity index (χ0v) is 9.29. The second kappa shape index (κ2) is 4.99. The summed E-state index contributed by atoms with van der Waals surface area (Å²) in [6, 6.07) is 0. The molecule has 3 atom stereocenters. The van der Waals surface area contributed by atoms with Gasteiger partial charge in [-0.05, 0) is 24.2 Å². The summed E-state index contributed by atoms with van der Waals surface area (Å²) < 4.78 is 0. The van der Waals surface area contributed by atoms with Crippen LogP contribution >= 0.6 is 0 Å². The van der Waals surface area contributed by atoms with Crippen molar-refractivity contribution >= 4 is 0 Å². The van der Waals surface area contributed by atoms with E-state index in [1.54, 1.807) is 0 Å². The van der Waals surface area contributed by atoms with Crippen LogP contribution in [0.3, 0.4) is 0 Å². The lowest BCUT2D eigenvalue weighted by molar-refractivity contribution is 0.0151. The summed E-state index contributed by atoms with van der Waals surface area (Å²) in [5.74, 6) is 2.02. The van der Waals surface area contributed by atoms with Crippen LogP contribution < -0.4 is 0 Å². The maximum atomic E-state index is 10.0. The molecule has 1 aliphatic rings. The van der Waals surface area contributed by atoms with Gasteiger partial charge in [-0.2, -0.15) is 0 Å². The summed E-state index contributed by atoms with van der Waals surface area (Å²) in [6.45, 7) is 6.76. The molecule has 0 saturated heterocycles. The second-order valence-electron chi connectivity index (χ2n) is 4.82. The number of hydrogen-bond acceptors (Lipinski definition) is 1. The van der Waals surface area contributed by atoms with E-state index in [1.165, 1.54) is 19.3 Å². The van der Waals surface area contributed by atoms with Crippen molar-refractivity contribution < 1.29 is 5.11 Å². The summed E-state index contributed by atoms with van der Waals surface area (Å²) in [5.41, 5.74) is 0. The molecule has 0 aromatic carbocycles. The summed E-state index contributed by atoms with van der Waals surface area (Å²) in [7, 11) is 0. The van der Waals surface area contributed by atoms with Gasteiger partial charge in [0.2, 0.25) is 0 Å². The highest BCUT2D eigenvalue weighted by molar-refractivity contribution is 4.82. The van der Waals surface area contributed by atoms with Crippen LogP contribution in [-0.4, -0.2) is 11.2 Å². The SMILES string of the molecule is CCCC(O)C1C(C)CCCC1C. The first-order valence-electron chi connectivity index (χ1n) is 5.84. The van der Waals surface area contributed by atoms with Gasteiger partial charge in [0.1, 0.15) is 0 Å². The molecule has 0 aliphatic heterocycles. The number of hydrogen-bond donors (Lipinski definition) is 1. The Morgan fingerprint density at radius 2 is 1.77 bits per heavy atom. The predicted octanol–water partition coefficient (Wildman–Crippen LogP) is 3.22. The molecular formula is C12H24O. The molecule has 1 nitrogen and oxygen atoms in total. The average molecular weight is 184 g/mol. The molecule has 0 amide bonds. The summed E-state index contributed by atoms with van der Waals surface area (Å²) in [6.07, 6.45) is 6.04. The zero-order valence-electron chi connectivity index (χ0n) is 9.29. The third-order valence-electron chi connectivity index (χ3n) is 3.66. The normalized spacial score (nSPS) is 37.4. The summed E-state index contributed by atoms with van der Waals surface area (Å²) >= 11 is 0. The first-order chi connectivity index (χ1) is 6.16. The van der Waals surface area contributed by atoms with Crippen molar-refractivity contribution in [3.8, 4) is 0 Å². The van der Waals surface area contributed by atoms with Crippen LogP contribution in [0.1, 0.15) is 52.9 Å². The van der Waals surface area contributed by atoms with Crippen LogP contribution in [0.5, 0.6) is 0 Å². The van der Waals surface area contributed by atoms with E-state index < -0.39 is 0 Å². The number of aliphatic hydroxyl groups excluding tert-OH is 1. The van der Waals surface area contributed by atoms with E-state index in [2.05, 4.69) is 20.8 Å². The minimum atomic E-state index is -0.0460. The van der Waals surface area contributed by atoms with Crippen molar-refractivity contribution in [2.45, 2.75) is 59.0 Å². The van der Waals surface area contributed by atoms with Crippen LogP contribution in [0.15, 0.2) is 0 Å². The van der Waals surface area contributed by atoms with Gasteiger partial charge in [0.05, 0.1) is 6.10 Å². The molecule has 1 N–H and O–H groups in total. The molecule has 1 saturated carbocycles. The highest BCUT2D eigenvalue weighted by Crippen LogP contribution is 2.37. The van der Waals surface area contributed by atoms with Crippen LogP contribution in [0, 0.1) is 17.8 Å². The van der Waals surface area contributed by atoms with Crippen LogP contribution in [0.25, 0.3) is 0 Å². The molecule has 0 aromatic rings. The number of aliphatic hydroxyl groups is 1. The van der Waals surface area contributed by atoms with E-state index in [-0.39, 0.29) is 6.10 Å². The fourth-order valence-electron chi connectivity index (χ4n) is 2.95. The Labute approximate surface area is 82.5 Å². The topological polar surface area (TPSA) is 20.2 Å². The van der Waals surface area contributed by atoms with Crippen molar-refractivity contribution in [1.29, 1.82) is 0 Å². The second-order valence-corrected chi connectivity index (χ2v) is 4.82. The Hall–Kier alpha value is -0.0400. The zero-order chi connectivity index (χ0) is 9.84. The Kier molecular flexibility index (Phi) is 4.24. The molecule has 0 heterocycles. The van der Waals surface area contributed by atoms with Gasteiger partial charge < -0.3 is 5.11 Å². The van der Waals surface area contributed by atoms with Crippen molar-refractivity contribution in [2.75, 3.05) is 0 Å². The quantitative estimate of drug-likeness (QED) is 0.714. The smallest absolute Gasteiger partial charge is 0.0573 e. The van der Waals surface area contributed by atoms with Gasteiger partial charge in [-0.1, -0.05) is 46.5 Å². The first kappa shape index (κ1) is 11.0. The molecule has 1 rings (SSSR count). The van der Waals surface area contributed by atoms with E-state index in [4.69, 9.17) is 0 Å². The van der Waals surface area contributed by atoms with Gasteiger partial charge in [-0.3, -0.25) is 0 Å². The molecule has 3 unspecified atom stereocenters. The van der Waals surface area contributed by atoms with Crippen molar-refractivity contribution in [3.63, 3.8) is 0 Å². The van der Waals surface area contributed by atoms with E-state index in [0.29, 0.717) is 5.92 Å². The predicted molar refractivity (Wildman–Crippen MR) is 56.6 cm³/mol. The molecular weight excluding hydrogens is 160 g/mol. The van der Waals surface area contributed by atoms with E-state index in [0.717, 1.165) is 24.7 Å². The largest absolute Gasteiger partial charge is 0.393 e. The molecule has 78 valence electrons. The van der Waals surface area contributed by atoms with Crippen molar-refractivity contribution in [3.05, 3.63) is 0 Å². The van der Waals surface area contributed by atoms with E-state index in [9.17, 15) is 5.11 Å². The molecule has 1 aliphatic carbocycles. The van der Waals surface area contributed by atoms with Crippen LogP contribution in [0.2, 0.25) is 0 Å². The van der Waals surface area contributed by atoms with Gasteiger partial charge in [0.15, 0.2) is 0 Å². The maximum Gasteiger partial charge on any atom is 0.0573 e. The molecule has 0 aromatic heterocycles. The van der Waals surface area contributed by atoms with Crippen molar-refractivity contribution in [1.82, 2.24) is 0 Å². The average Bonchev–Trinajstić information content (AvgIpc) is 2.04. The molecule has 0 radical (unpaired) electrons. The molecule has 0 spiro atoms. The summed E-state index contributed by atoms with van der Waals surface area (Å²) in [5, 5.41) is 10.0. The highest BCUT2D eigenvalue weighted by Gasteiger charge is 2.32. The minimum absolute atomic E-state index is 0.0460. The van der Waals surface area contributed by atoms with Crippen molar-refractivity contribution in [2.24, 2.45) is 17.8 Å². The lowest BCUT2D eigenvalue weighted by atomic mass is 9.70. The minimum Gasteiger partial charge on any atom is -0.393 e. The maximum absolute atomic E-state index is 10.0. The highest BCUT2D eigenvalue weighted by atomic mass is 16.3. The lowest BCUT2D eigenvalue weighted by Crippen LogP contribution is -2.34. The van der Waals surface area contributed by atoms with Gasteiger partial charge in [-0.25, -0.2) is 0 Å². The third-order valence-corrected chi connectivity index (χ3v) is 3.66. The Morgan fingerprint density at radius 3 is 2.23 bits per heavy atom. The summed E-state index contributed by atoms with van der Waals surface area (Å²) in [4.78, 5) is 0. The van der Waals surface area contributed by atoms with Gasteiger partial charge in [-0.15, -0.1) is 0 Å². The lowest BCUT2D eigenvalue weighted by Gasteiger charge is -2.37. The Balaban J connectivity index is 2.51. The van der Waals surface area contributed by atoms with Crippen LogP contribution in [0.4, 0.5) is 0 Å². The van der Waals surface area contributed by atoms with Gasteiger partial charge in [0.25, 0.3) is 0 Å².